The Morgan fingerprint density at radius 2 is 2.26 bits per heavy atom. The van der Waals surface area contributed by atoms with Crippen LogP contribution >= 0.6 is 15.9 Å². The summed E-state index contributed by atoms with van der Waals surface area (Å²) in [5, 5.41) is 13.8. The minimum atomic E-state index is -0.440. The zero-order valence-electron chi connectivity index (χ0n) is 10.8. The number of benzene rings is 1. The molecule has 0 saturated heterocycles. The van der Waals surface area contributed by atoms with Gasteiger partial charge in [-0.2, -0.15) is 0 Å². The molecular weight excluding hydrogens is 314 g/mol. The Morgan fingerprint density at radius 3 is 2.79 bits per heavy atom. The predicted octanol–water partition coefficient (Wildman–Crippen LogP) is 1.65. The highest BCUT2D eigenvalue weighted by Gasteiger charge is 2.11. The highest BCUT2D eigenvalue weighted by molar-refractivity contribution is 9.10. The molecule has 0 aliphatic heterocycles. The highest BCUT2D eigenvalue weighted by atomic mass is 79.9. The van der Waals surface area contributed by atoms with Crippen LogP contribution in [-0.2, 0) is 0 Å². The van der Waals surface area contributed by atoms with Gasteiger partial charge in [-0.25, -0.2) is 0 Å². The summed E-state index contributed by atoms with van der Waals surface area (Å²) in [6.45, 7) is 0.919. The number of nitro groups is 1. The van der Waals surface area contributed by atoms with Gasteiger partial charge in [-0.05, 0) is 22.0 Å². The summed E-state index contributed by atoms with van der Waals surface area (Å²) in [6, 6.07) is 4.50. The van der Waals surface area contributed by atoms with E-state index < -0.39 is 4.92 Å². The molecule has 1 rings (SSSR count). The van der Waals surface area contributed by atoms with Crippen molar-refractivity contribution >= 4 is 33.3 Å². The second-order valence-electron chi connectivity index (χ2n) is 3.93. The molecule has 0 radical (unpaired) electrons. The van der Waals surface area contributed by atoms with Crippen molar-refractivity contribution in [2.75, 3.05) is 32.5 Å². The largest absolute Gasteiger partial charge is 0.349 e. The summed E-state index contributed by atoms with van der Waals surface area (Å²) in [6.07, 6.45) is 0. The number of anilines is 1. The van der Waals surface area contributed by atoms with Crippen LogP contribution in [-0.4, -0.2) is 43.0 Å². The van der Waals surface area contributed by atoms with Crippen molar-refractivity contribution in [3.63, 3.8) is 0 Å². The Hall–Kier alpha value is -1.67. The molecular formula is C11H16BrN5O2. The first-order valence-corrected chi connectivity index (χ1v) is 6.37. The van der Waals surface area contributed by atoms with E-state index in [9.17, 15) is 10.1 Å². The van der Waals surface area contributed by atoms with E-state index in [0.29, 0.717) is 24.7 Å². The zero-order chi connectivity index (χ0) is 14.4. The molecule has 0 saturated carbocycles. The molecule has 1 aromatic carbocycles. The van der Waals surface area contributed by atoms with Gasteiger partial charge in [0.05, 0.1) is 17.2 Å². The van der Waals surface area contributed by atoms with Crippen molar-refractivity contribution in [1.29, 1.82) is 0 Å². The molecule has 104 valence electrons. The van der Waals surface area contributed by atoms with Crippen molar-refractivity contribution in [3.8, 4) is 0 Å². The Labute approximate surface area is 119 Å². The molecule has 0 spiro atoms. The minimum absolute atomic E-state index is 0.0163. The number of rotatable bonds is 4. The third-order valence-electron chi connectivity index (χ3n) is 2.22. The number of non-ortho nitro benzene ring substituents is 1. The van der Waals surface area contributed by atoms with E-state index >= 15 is 0 Å². The number of hydrogen-bond acceptors (Lipinski definition) is 4. The average molecular weight is 330 g/mol. The topological polar surface area (TPSA) is 96.8 Å². The van der Waals surface area contributed by atoms with E-state index in [0.717, 1.165) is 4.47 Å². The quantitative estimate of drug-likeness (QED) is 0.379. The number of guanidine groups is 1. The van der Waals surface area contributed by atoms with Crippen molar-refractivity contribution in [1.82, 2.24) is 4.90 Å². The van der Waals surface area contributed by atoms with Crippen molar-refractivity contribution < 1.29 is 4.92 Å². The number of nitrogens with zero attached hydrogens (tertiary/aromatic N) is 3. The predicted molar refractivity (Wildman–Crippen MR) is 79.5 cm³/mol. The Morgan fingerprint density at radius 1 is 1.58 bits per heavy atom. The molecule has 8 heteroatoms. The van der Waals surface area contributed by atoms with Crippen LogP contribution in [0.15, 0.2) is 27.7 Å². The first-order chi connectivity index (χ1) is 8.95. The van der Waals surface area contributed by atoms with Gasteiger partial charge >= 0.3 is 0 Å². The average Bonchev–Trinajstić information content (AvgIpc) is 2.35. The van der Waals surface area contributed by atoms with Crippen LogP contribution in [0.2, 0.25) is 0 Å². The normalized spacial score (nSPS) is 11.3. The molecule has 0 aliphatic rings. The van der Waals surface area contributed by atoms with E-state index in [4.69, 9.17) is 5.73 Å². The molecule has 19 heavy (non-hydrogen) atoms. The second-order valence-corrected chi connectivity index (χ2v) is 4.79. The van der Waals surface area contributed by atoms with Gasteiger partial charge in [0, 0.05) is 37.2 Å². The van der Waals surface area contributed by atoms with Crippen LogP contribution in [0.5, 0.6) is 0 Å². The Bertz CT molecular complexity index is 490. The lowest BCUT2D eigenvalue weighted by molar-refractivity contribution is -0.384. The van der Waals surface area contributed by atoms with E-state index in [-0.39, 0.29) is 5.69 Å². The van der Waals surface area contributed by atoms with Crippen molar-refractivity contribution in [2.45, 2.75) is 0 Å². The van der Waals surface area contributed by atoms with E-state index in [1.54, 1.807) is 11.0 Å². The zero-order valence-corrected chi connectivity index (χ0v) is 12.3. The maximum Gasteiger partial charge on any atom is 0.271 e. The molecule has 0 bridgehead atoms. The maximum atomic E-state index is 10.8. The van der Waals surface area contributed by atoms with Crippen LogP contribution < -0.4 is 11.1 Å². The number of aliphatic imine (C=N–C) groups is 1. The monoisotopic (exact) mass is 329 g/mol. The van der Waals surface area contributed by atoms with E-state index in [2.05, 4.69) is 26.2 Å². The molecule has 0 aliphatic carbocycles. The fourth-order valence-corrected chi connectivity index (χ4v) is 1.65. The number of nitrogens with two attached hydrogens (primary N) is 1. The first kappa shape index (κ1) is 15.4. The molecule has 0 aromatic heterocycles. The van der Waals surface area contributed by atoms with Gasteiger partial charge in [-0.3, -0.25) is 15.1 Å². The summed E-state index contributed by atoms with van der Waals surface area (Å²) >= 11 is 3.34. The van der Waals surface area contributed by atoms with Crippen LogP contribution in [0.25, 0.3) is 0 Å². The third-order valence-corrected chi connectivity index (χ3v) is 2.91. The third kappa shape index (κ3) is 4.49. The van der Waals surface area contributed by atoms with Crippen LogP contribution in [0.4, 0.5) is 11.4 Å². The fraction of sp³-hybridized carbons (Fsp3) is 0.364. The lowest BCUT2D eigenvalue weighted by Gasteiger charge is -2.18. The van der Waals surface area contributed by atoms with Crippen molar-refractivity contribution in [2.24, 2.45) is 10.7 Å². The molecule has 0 atom stereocenters. The fourth-order valence-electron chi connectivity index (χ4n) is 1.31. The van der Waals surface area contributed by atoms with E-state index in [1.165, 1.54) is 12.1 Å². The standard InChI is InChI=1S/C11H16BrN5O2/c1-16(2)11(14-6-5-13)15-10-7-8(17(18)19)3-4-9(10)12/h3-4,7H,5-6,13H2,1-2H3,(H,14,15). The molecule has 7 nitrogen and oxygen atoms in total. The summed E-state index contributed by atoms with van der Waals surface area (Å²) in [7, 11) is 3.65. The molecule has 0 unspecified atom stereocenters. The number of hydrogen-bond donors (Lipinski definition) is 2. The van der Waals surface area contributed by atoms with Gasteiger partial charge in [-0.15, -0.1) is 0 Å². The first-order valence-electron chi connectivity index (χ1n) is 5.58. The lowest BCUT2D eigenvalue weighted by Crippen LogP contribution is -2.30. The van der Waals surface area contributed by atoms with Gasteiger partial charge in [0.2, 0.25) is 0 Å². The van der Waals surface area contributed by atoms with Gasteiger partial charge in [-0.1, -0.05) is 0 Å². The molecule has 0 heterocycles. The maximum absolute atomic E-state index is 10.8. The van der Waals surface area contributed by atoms with Crippen LogP contribution in [0.3, 0.4) is 0 Å². The highest BCUT2D eigenvalue weighted by Crippen LogP contribution is 2.27. The number of halogens is 1. The number of nitro benzene ring substituents is 1. The smallest absolute Gasteiger partial charge is 0.271 e. The summed E-state index contributed by atoms with van der Waals surface area (Å²) in [5.74, 6) is 0.589. The molecule has 0 amide bonds. The minimum Gasteiger partial charge on any atom is -0.349 e. The summed E-state index contributed by atoms with van der Waals surface area (Å²) in [4.78, 5) is 16.4. The second kappa shape index (κ2) is 7.05. The Balaban J connectivity index is 3.02. The number of nitrogens with one attached hydrogen (secondary N) is 1. The summed E-state index contributed by atoms with van der Waals surface area (Å²) in [5.41, 5.74) is 6.01. The SMILES string of the molecule is CN(C)C(=NCCN)Nc1cc([N+](=O)[O-])ccc1Br. The van der Waals surface area contributed by atoms with Crippen LogP contribution in [0, 0.1) is 10.1 Å². The molecule has 0 fully saturated rings. The van der Waals surface area contributed by atoms with E-state index in [1.807, 2.05) is 14.1 Å². The van der Waals surface area contributed by atoms with Gasteiger partial charge in [0.25, 0.3) is 5.69 Å². The van der Waals surface area contributed by atoms with Crippen LogP contribution in [0.1, 0.15) is 0 Å². The Kier molecular flexibility index (Phi) is 5.71. The summed E-state index contributed by atoms with van der Waals surface area (Å²) < 4.78 is 0.723. The molecule has 1 aromatic rings. The lowest BCUT2D eigenvalue weighted by atomic mass is 10.3. The molecule has 3 N–H and O–H groups in total. The van der Waals surface area contributed by atoms with Gasteiger partial charge in [0.1, 0.15) is 0 Å². The van der Waals surface area contributed by atoms with Crippen molar-refractivity contribution in [3.05, 3.63) is 32.8 Å². The van der Waals surface area contributed by atoms with Gasteiger partial charge in [0.15, 0.2) is 5.96 Å². The van der Waals surface area contributed by atoms with Gasteiger partial charge < -0.3 is 16.0 Å².